The van der Waals surface area contributed by atoms with Gasteiger partial charge in [0.15, 0.2) is 0 Å². The van der Waals surface area contributed by atoms with Gasteiger partial charge >= 0.3 is 0 Å². The number of benzene rings is 1. The van der Waals surface area contributed by atoms with Crippen LogP contribution in [0.3, 0.4) is 0 Å². The maximum atomic E-state index is 12.2. The van der Waals surface area contributed by atoms with E-state index >= 15 is 0 Å². The van der Waals surface area contributed by atoms with Gasteiger partial charge in [-0.3, -0.25) is 4.79 Å². The number of hydrogen-bond donors (Lipinski definition) is 1. The number of amides is 1. The number of nitrogens with zero attached hydrogens (tertiary/aromatic N) is 4. The van der Waals surface area contributed by atoms with Crippen molar-refractivity contribution < 1.29 is 14.3 Å². The average molecular weight is 397 g/mol. The van der Waals surface area contributed by atoms with E-state index in [0.29, 0.717) is 12.2 Å². The van der Waals surface area contributed by atoms with Gasteiger partial charge in [-0.2, -0.15) is 0 Å². The molecule has 0 radical (unpaired) electrons. The van der Waals surface area contributed by atoms with Crippen molar-refractivity contribution in [2.45, 2.75) is 18.9 Å². The Morgan fingerprint density at radius 3 is 2.66 bits per heavy atom. The van der Waals surface area contributed by atoms with Crippen LogP contribution in [0.2, 0.25) is 0 Å². The maximum absolute atomic E-state index is 12.2. The van der Waals surface area contributed by atoms with Gasteiger partial charge in [0.2, 0.25) is 0 Å². The zero-order valence-corrected chi connectivity index (χ0v) is 16.7. The molecule has 1 aromatic carbocycles. The highest BCUT2D eigenvalue weighted by Gasteiger charge is 2.21. The lowest BCUT2D eigenvalue weighted by molar-refractivity contribution is 0.0853. The molecule has 2 fully saturated rings. The number of hydrogen-bond acceptors (Lipinski definition) is 7. The molecule has 1 amide bonds. The van der Waals surface area contributed by atoms with Crippen LogP contribution >= 0.6 is 0 Å². The molecule has 8 nitrogen and oxygen atoms in total. The third-order valence-corrected chi connectivity index (χ3v) is 5.41. The van der Waals surface area contributed by atoms with E-state index in [9.17, 15) is 4.79 Å². The van der Waals surface area contributed by atoms with Gasteiger partial charge in [-0.15, -0.1) is 0 Å². The summed E-state index contributed by atoms with van der Waals surface area (Å²) >= 11 is 0. The second-order valence-corrected chi connectivity index (χ2v) is 7.25. The zero-order chi connectivity index (χ0) is 20.1. The Bertz CT molecular complexity index is 815. The van der Waals surface area contributed by atoms with Gasteiger partial charge in [0, 0.05) is 39.3 Å². The minimum atomic E-state index is -0.208. The molecule has 1 N–H and O–H groups in total. The number of rotatable bonds is 6. The monoisotopic (exact) mass is 397 g/mol. The Balaban J connectivity index is 1.31. The first-order valence-corrected chi connectivity index (χ1v) is 10.1. The molecule has 154 valence electrons. The fourth-order valence-electron chi connectivity index (χ4n) is 3.77. The second-order valence-electron chi connectivity index (χ2n) is 7.25. The molecule has 0 bridgehead atoms. The van der Waals surface area contributed by atoms with Crippen LogP contribution in [0.25, 0.3) is 0 Å². The number of carbonyl (C=O) groups is 1. The number of nitrogens with one attached hydrogen (secondary N) is 1. The molecule has 0 saturated carbocycles. The van der Waals surface area contributed by atoms with Gasteiger partial charge in [0.25, 0.3) is 5.91 Å². The van der Waals surface area contributed by atoms with Crippen LogP contribution in [0, 0.1) is 0 Å². The Morgan fingerprint density at radius 2 is 1.97 bits per heavy atom. The molecule has 4 rings (SSSR count). The van der Waals surface area contributed by atoms with Crippen molar-refractivity contribution in [2.75, 3.05) is 56.2 Å². The predicted octanol–water partition coefficient (Wildman–Crippen LogP) is 1.72. The highest BCUT2D eigenvalue weighted by atomic mass is 16.5. The highest BCUT2D eigenvalue weighted by Crippen LogP contribution is 2.28. The van der Waals surface area contributed by atoms with E-state index in [1.54, 1.807) is 19.5 Å². The smallest absolute Gasteiger partial charge is 0.271 e. The third kappa shape index (κ3) is 4.59. The fourth-order valence-corrected chi connectivity index (χ4v) is 3.77. The van der Waals surface area contributed by atoms with Crippen LogP contribution in [0.4, 0.5) is 11.5 Å². The molecule has 1 unspecified atom stereocenters. The molecular formula is C21H27N5O3. The number of para-hydroxylation sites is 2. The van der Waals surface area contributed by atoms with Crippen LogP contribution in [-0.4, -0.2) is 68.4 Å². The molecule has 8 heteroatoms. The second kappa shape index (κ2) is 9.09. The lowest BCUT2D eigenvalue weighted by Gasteiger charge is -2.37. The maximum Gasteiger partial charge on any atom is 0.271 e. The Labute approximate surface area is 170 Å². The quantitative estimate of drug-likeness (QED) is 0.795. The van der Waals surface area contributed by atoms with Crippen molar-refractivity contribution in [1.29, 1.82) is 0 Å². The molecule has 2 aliphatic heterocycles. The number of methoxy groups -OCH3 is 1. The van der Waals surface area contributed by atoms with Crippen molar-refractivity contribution in [3.63, 3.8) is 0 Å². The summed E-state index contributed by atoms with van der Waals surface area (Å²) in [6.07, 6.45) is 5.39. The lowest BCUT2D eigenvalue weighted by Crippen LogP contribution is -2.47. The Hall–Kier alpha value is -2.87. The van der Waals surface area contributed by atoms with Crippen LogP contribution in [-0.2, 0) is 4.74 Å². The zero-order valence-electron chi connectivity index (χ0n) is 16.7. The molecule has 2 aromatic rings. The van der Waals surface area contributed by atoms with E-state index in [4.69, 9.17) is 9.47 Å². The van der Waals surface area contributed by atoms with Gasteiger partial charge in [-0.25, -0.2) is 9.97 Å². The first-order valence-electron chi connectivity index (χ1n) is 10.1. The first kappa shape index (κ1) is 19.4. The molecule has 1 aromatic heterocycles. The fraction of sp³-hybridized carbons (Fsp3) is 0.476. The largest absolute Gasteiger partial charge is 0.495 e. The van der Waals surface area contributed by atoms with Crippen molar-refractivity contribution in [1.82, 2.24) is 15.3 Å². The van der Waals surface area contributed by atoms with E-state index in [-0.39, 0.29) is 12.0 Å². The lowest BCUT2D eigenvalue weighted by atomic mass is 10.2. The van der Waals surface area contributed by atoms with Crippen LogP contribution in [0.1, 0.15) is 23.3 Å². The summed E-state index contributed by atoms with van der Waals surface area (Å²) < 4.78 is 11.0. The molecule has 0 spiro atoms. The van der Waals surface area contributed by atoms with Crippen molar-refractivity contribution in [3.8, 4) is 5.75 Å². The Kier molecular flexibility index (Phi) is 6.09. The Morgan fingerprint density at radius 1 is 1.17 bits per heavy atom. The van der Waals surface area contributed by atoms with Gasteiger partial charge in [0.1, 0.15) is 17.3 Å². The number of piperazine rings is 1. The number of ether oxygens (including phenoxy) is 2. The summed E-state index contributed by atoms with van der Waals surface area (Å²) in [7, 11) is 1.70. The van der Waals surface area contributed by atoms with Gasteiger partial charge in [0.05, 0.1) is 31.3 Å². The molecule has 2 saturated heterocycles. The van der Waals surface area contributed by atoms with Crippen LogP contribution in [0.5, 0.6) is 5.75 Å². The summed E-state index contributed by atoms with van der Waals surface area (Å²) in [6, 6.07) is 8.07. The summed E-state index contributed by atoms with van der Waals surface area (Å²) in [5.74, 6) is 1.47. The summed E-state index contributed by atoms with van der Waals surface area (Å²) in [4.78, 5) is 25.5. The highest BCUT2D eigenvalue weighted by molar-refractivity contribution is 5.92. The SMILES string of the molecule is COc1ccccc1N1CCN(c2cnc(C(=O)NCC3CCCO3)cn2)CC1. The normalized spacial score (nSPS) is 19.3. The minimum absolute atomic E-state index is 0.116. The van der Waals surface area contributed by atoms with Crippen LogP contribution in [0.15, 0.2) is 36.7 Å². The summed E-state index contributed by atoms with van der Waals surface area (Å²) in [5, 5.41) is 2.88. The minimum Gasteiger partial charge on any atom is -0.495 e. The van der Waals surface area contributed by atoms with Gasteiger partial charge < -0.3 is 24.6 Å². The molecule has 1 atom stereocenters. The third-order valence-electron chi connectivity index (χ3n) is 5.41. The van der Waals surface area contributed by atoms with E-state index in [2.05, 4.69) is 31.2 Å². The van der Waals surface area contributed by atoms with E-state index in [1.807, 2.05) is 18.2 Å². The number of carbonyl (C=O) groups excluding carboxylic acids is 1. The molecular weight excluding hydrogens is 370 g/mol. The number of anilines is 2. The first-order chi connectivity index (χ1) is 14.2. The van der Waals surface area contributed by atoms with E-state index < -0.39 is 0 Å². The summed E-state index contributed by atoms with van der Waals surface area (Å²) in [6.45, 7) is 4.69. The molecule has 2 aliphatic rings. The predicted molar refractivity (Wildman–Crippen MR) is 111 cm³/mol. The van der Waals surface area contributed by atoms with Gasteiger partial charge in [-0.05, 0) is 25.0 Å². The molecule has 0 aliphatic carbocycles. The van der Waals surface area contributed by atoms with Crippen molar-refractivity contribution >= 4 is 17.4 Å². The topological polar surface area (TPSA) is 79.8 Å². The molecule has 3 heterocycles. The molecule has 29 heavy (non-hydrogen) atoms. The number of aromatic nitrogens is 2. The van der Waals surface area contributed by atoms with E-state index in [1.165, 1.54) is 0 Å². The van der Waals surface area contributed by atoms with Crippen molar-refractivity contribution in [3.05, 3.63) is 42.4 Å². The van der Waals surface area contributed by atoms with Gasteiger partial charge in [-0.1, -0.05) is 12.1 Å². The standard InChI is InChI=1S/C21H27N5O3/c1-28-19-7-3-2-6-18(19)25-8-10-26(11-9-25)20-15-22-17(14-23-20)21(27)24-13-16-5-4-12-29-16/h2-3,6-7,14-16H,4-5,8-13H2,1H3,(H,24,27). The van der Waals surface area contributed by atoms with Crippen molar-refractivity contribution in [2.24, 2.45) is 0 Å². The average Bonchev–Trinajstić information content (AvgIpc) is 3.31. The summed E-state index contributed by atoms with van der Waals surface area (Å²) in [5.41, 5.74) is 1.44. The van der Waals surface area contributed by atoms with E-state index in [0.717, 1.165) is 62.9 Å². The van der Waals surface area contributed by atoms with Crippen LogP contribution < -0.4 is 19.9 Å².